The smallest absolute Gasteiger partial charge is 0.0634 e. The third-order valence-electron chi connectivity index (χ3n) is 5.11. The second-order valence-corrected chi connectivity index (χ2v) is 7.08. The van der Waals surface area contributed by atoms with Crippen molar-refractivity contribution in [3.8, 4) is 0 Å². The van der Waals surface area contributed by atoms with Crippen LogP contribution in [0.15, 0.2) is 60.7 Å². The van der Waals surface area contributed by atoms with Crippen molar-refractivity contribution in [1.29, 1.82) is 0 Å². The molecule has 0 radical (unpaired) electrons. The van der Waals surface area contributed by atoms with E-state index in [9.17, 15) is 5.11 Å². The van der Waals surface area contributed by atoms with Crippen LogP contribution in [0.1, 0.15) is 56.1 Å². The summed E-state index contributed by atoms with van der Waals surface area (Å²) in [5.74, 6) is 0.419. The second kappa shape index (κ2) is 11.1. The van der Waals surface area contributed by atoms with Gasteiger partial charge in [0.1, 0.15) is 0 Å². The number of aliphatic hydroxyl groups excluding tert-OH is 2. The monoisotopic (exact) mass is 340 g/mol. The highest BCUT2D eigenvalue weighted by Crippen LogP contribution is 2.31. The standard InChI is InChI=1S/C23H32O2/c1-19(11-10-14-20-12-4-2-5-13-20)23(25)22(17-8-9-18-24)21-15-6-3-7-16-21/h2-7,12-13,15-16,19,22-25H,8-11,14,17-18H2,1H3. The molecule has 2 heteroatoms. The van der Waals surface area contributed by atoms with Crippen molar-refractivity contribution in [2.75, 3.05) is 6.61 Å². The molecule has 0 bridgehead atoms. The van der Waals surface area contributed by atoms with Crippen molar-refractivity contribution >= 4 is 0 Å². The van der Waals surface area contributed by atoms with Crippen molar-refractivity contribution in [3.05, 3.63) is 71.8 Å². The molecule has 0 saturated carbocycles. The second-order valence-electron chi connectivity index (χ2n) is 7.08. The van der Waals surface area contributed by atoms with E-state index in [0.717, 1.165) is 38.5 Å². The summed E-state index contributed by atoms with van der Waals surface area (Å²) in [5, 5.41) is 20.0. The number of unbranched alkanes of at least 4 members (excludes halogenated alkanes) is 1. The molecule has 3 atom stereocenters. The van der Waals surface area contributed by atoms with Gasteiger partial charge < -0.3 is 10.2 Å². The number of hydrogen-bond acceptors (Lipinski definition) is 2. The molecule has 2 N–H and O–H groups in total. The number of rotatable bonds is 11. The molecule has 0 aliphatic rings. The van der Waals surface area contributed by atoms with Crippen LogP contribution in [0.4, 0.5) is 0 Å². The molecule has 0 fully saturated rings. The molecule has 0 saturated heterocycles. The molecule has 0 spiro atoms. The van der Waals surface area contributed by atoms with E-state index in [-0.39, 0.29) is 24.5 Å². The van der Waals surface area contributed by atoms with Crippen LogP contribution in [0.3, 0.4) is 0 Å². The van der Waals surface area contributed by atoms with Crippen molar-refractivity contribution in [2.24, 2.45) is 5.92 Å². The van der Waals surface area contributed by atoms with E-state index < -0.39 is 0 Å². The predicted octanol–water partition coefficient (Wildman–Crippen LogP) is 4.95. The fourth-order valence-corrected chi connectivity index (χ4v) is 3.55. The largest absolute Gasteiger partial charge is 0.396 e. The summed E-state index contributed by atoms with van der Waals surface area (Å²) in [5.41, 5.74) is 2.58. The zero-order valence-electron chi connectivity index (χ0n) is 15.3. The molecule has 0 heterocycles. The first-order valence-electron chi connectivity index (χ1n) is 9.60. The van der Waals surface area contributed by atoms with Gasteiger partial charge in [-0.3, -0.25) is 0 Å². The third-order valence-corrected chi connectivity index (χ3v) is 5.11. The van der Waals surface area contributed by atoms with Gasteiger partial charge >= 0.3 is 0 Å². The van der Waals surface area contributed by atoms with Crippen LogP contribution < -0.4 is 0 Å². The van der Waals surface area contributed by atoms with Gasteiger partial charge in [-0.15, -0.1) is 0 Å². The molecule has 0 aliphatic heterocycles. The van der Waals surface area contributed by atoms with Crippen LogP contribution in [-0.2, 0) is 6.42 Å². The van der Waals surface area contributed by atoms with Gasteiger partial charge in [0.2, 0.25) is 0 Å². The molecule has 136 valence electrons. The first-order valence-corrected chi connectivity index (χ1v) is 9.60. The van der Waals surface area contributed by atoms with Gasteiger partial charge in [-0.2, -0.15) is 0 Å². The van der Waals surface area contributed by atoms with E-state index in [4.69, 9.17) is 5.11 Å². The highest BCUT2D eigenvalue weighted by molar-refractivity contribution is 5.21. The summed E-state index contributed by atoms with van der Waals surface area (Å²) in [6.07, 6.45) is 5.53. The van der Waals surface area contributed by atoms with Crippen LogP contribution in [0.25, 0.3) is 0 Å². The third kappa shape index (κ3) is 6.64. The van der Waals surface area contributed by atoms with Crippen molar-refractivity contribution in [1.82, 2.24) is 0 Å². The highest BCUT2D eigenvalue weighted by Gasteiger charge is 2.25. The van der Waals surface area contributed by atoms with Crippen LogP contribution >= 0.6 is 0 Å². The normalized spacial score (nSPS) is 14.8. The SMILES string of the molecule is CC(CCCc1ccccc1)C(O)C(CCCCO)c1ccccc1. The minimum atomic E-state index is -0.336. The molecule has 2 aromatic rings. The summed E-state index contributed by atoms with van der Waals surface area (Å²) in [6, 6.07) is 20.9. The maximum absolute atomic E-state index is 11.0. The minimum absolute atomic E-state index is 0.152. The van der Waals surface area contributed by atoms with Gasteiger partial charge in [0, 0.05) is 12.5 Å². The zero-order valence-corrected chi connectivity index (χ0v) is 15.3. The van der Waals surface area contributed by atoms with Gasteiger partial charge in [0.15, 0.2) is 0 Å². The number of hydrogen-bond donors (Lipinski definition) is 2. The topological polar surface area (TPSA) is 40.5 Å². The van der Waals surface area contributed by atoms with Crippen LogP contribution in [0.2, 0.25) is 0 Å². The molecular weight excluding hydrogens is 308 g/mol. The Morgan fingerprint density at radius 3 is 2.08 bits per heavy atom. The number of aliphatic hydroxyl groups is 2. The quantitative estimate of drug-likeness (QED) is 0.568. The fraction of sp³-hybridized carbons (Fsp3) is 0.478. The van der Waals surface area contributed by atoms with Gasteiger partial charge in [0.25, 0.3) is 0 Å². The lowest BCUT2D eigenvalue weighted by molar-refractivity contribution is 0.0781. The minimum Gasteiger partial charge on any atom is -0.396 e. The van der Waals surface area contributed by atoms with Crippen LogP contribution in [-0.4, -0.2) is 22.9 Å². The maximum Gasteiger partial charge on any atom is 0.0634 e. The Bertz CT molecular complexity index is 567. The number of aryl methyl sites for hydroxylation is 1. The molecule has 2 aromatic carbocycles. The Kier molecular flexibility index (Phi) is 8.71. The van der Waals surface area contributed by atoms with E-state index >= 15 is 0 Å². The molecule has 3 unspecified atom stereocenters. The Morgan fingerprint density at radius 1 is 0.800 bits per heavy atom. The molecule has 0 aromatic heterocycles. The van der Waals surface area contributed by atoms with Gasteiger partial charge in [0.05, 0.1) is 6.10 Å². The summed E-state index contributed by atoms with van der Waals surface area (Å²) in [7, 11) is 0. The molecule has 0 aliphatic carbocycles. The van der Waals surface area contributed by atoms with Gasteiger partial charge in [-0.1, -0.05) is 74.0 Å². The lowest BCUT2D eigenvalue weighted by Crippen LogP contribution is -2.26. The van der Waals surface area contributed by atoms with E-state index in [1.165, 1.54) is 11.1 Å². The molecule has 2 rings (SSSR count). The van der Waals surface area contributed by atoms with E-state index in [0.29, 0.717) is 0 Å². The molecule has 2 nitrogen and oxygen atoms in total. The average Bonchev–Trinajstić information content (AvgIpc) is 2.66. The Morgan fingerprint density at radius 2 is 1.44 bits per heavy atom. The van der Waals surface area contributed by atoms with Crippen molar-refractivity contribution in [2.45, 2.75) is 57.5 Å². The first kappa shape index (κ1) is 19.7. The summed E-state index contributed by atoms with van der Waals surface area (Å²) >= 11 is 0. The summed E-state index contributed by atoms with van der Waals surface area (Å²) in [6.45, 7) is 2.39. The lowest BCUT2D eigenvalue weighted by Gasteiger charge is -2.28. The fourth-order valence-electron chi connectivity index (χ4n) is 3.55. The summed E-state index contributed by atoms with van der Waals surface area (Å²) < 4.78 is 0. The predicted molar refractivity (Wildman–Crippen MR) is 105 cm³/mol. The first-order chi connectivity index (χ1) is 12.2. The van der Waals surface area contributed by atoms with Gasteiger partial charge in [-0.25, -0.2) is 0 Å². The highest BCUT2D eigenvalue weighted by atomic mass is 16.3. The van der Waals surface area contributed by atoms with Crippen LogP contribution in [0.5, 0.6) is 0 Å². The van der Waals surface area contributed by atoms with E-state index in [2.05, 4.69) is 43.3 Å². The number of benzene rings is 2. The lowest BCUT2D eigenvalue weighted by atomic mass is 9.81. The molecule has 0 amide bonds. The zero-order chi connectivity index (χ0) is 17.9. The summed E-state index contributed by atoms with van der Waals surface area (Å²) in [4.78, 5) is 0. The maximum atomic E-state index is 11.0. The van der Waals surface area contributed by atoms with Crippen molar-refractivity contribution in [3.63, 3.8) is 0 Å². The molecular formula is C23H32O2. The van der Waals surface area contributed by atoms with Crippen molar-refractivity contribution < 1.29 is 10.2 Å². The Labute approximate surface area is 152 Å². The van der Waals surface area contributed by atoms with E-state index in [1.807, 2.05) is 24.3 Å². The Balaban J connectivity index is 1.91. The Hall–Kier alpha value is -1.64. The van der Waals surface area contributed by atoms with Gasteiger partial charge in [-0.05, 0) is 49.1 Å². The van der Waals surface area contributed by atoms with E-state index in [1.54, 1.807) is 0 Å². The average molecular weight is 341 g/mol. The molecule has 25 heavy (non-hydrogen) atoms. The van der Waals surface area contributed by atoms with Crippen LogP contribution in [0, 0.1) is 5.92 Å².